The number of rotatable bonds is 4. The summed E-state index contributed by atoms with van der Waals surface area (Å²) in [5.41, 5.74) is 4.31. The van der Waals surface area contributed by atoms with E-state index in [4.69, 9.17) is 6.57 Å². The third-order valence-electron chi connectivity index (χ3n) is 3.86. The number of aromatic nitrogens is 2. The lowest BCUT2D eigenvalue weighted by Gasteiger charge is -2.13. The molecule has 0 saturated heterocycles. The summed E-state index contributed by atoms with van der Waals surface area (Å²) >= 11 is 2.61. The normalized spacial score (nSPS) is 11.9. The van der Waals surface area contributed by atoms with E-state index in [9.17, 15) is 5.11 Å². The Hall–Kier alpha value is -1.98. The molecule has 0 fully saturated rings. The Labute approximate surface area is 149 Å². The van der Waals surface area contributed by atoms with Gasteiger partial charge in [-0.25, -0.2) is 6.57 Å². The molecule has 0 saturated carbocycles. The molecule has 0 aliphatic rings. The van der Waals surface area contributed by atoms with Crippen LogP contribution in [-0.4, -0.2) is 20.2 Å². The van der Waals surface area contributed by atoms with E-state index in [1.54, 1.807) is 0 Å². The number of aromatic hydroxyl groups is 1. The van der Waals surface area contributed by atoms with Crippen LogP contribution in [0.1, 0.15) is 36.1 Å². The molecule has 1 heterocycles. The van der Waals surface area contributed by atoms with E-state index in [2.05, 4.69) is 25.3 Å². The molecule has 0 aliphatic heterocycles. The Morgan fingerprint density at radius 3 is 2.29 bits per heavy atom. The van der Waals surface area contributed by atoms with Crippen molar-refractivity contribution >= 4 is 33.9 Å². The largest absolute Gasteiger partial charge is 0.505 e. The van der Waals surface area contributed by atoms with Gasteiger partial charge >= 0.3 is 0 Å². The molecule has 1 N–H and O–H groups in total. The minimum Gasteiger partial charge on any atom is -0.505 e. The van der Waals surface area contributed by atoms with E-state index in [1.165, 1.54) is 23.1 Å². The highest BCUT2D eigenvalue weighted by molar-refractivity contribution is 8.02. The number of thioether (sulfide) groups is 1. The van der Waals surface area contributed by atoms with Crippen LogP contribution in [0, 0.1) is 34.3 Å². The van der Waals surface area contributed by atoms with E-state index in [0.29, 0.717) is 15.2 Å². The average molecular weight is 361 g/mol. The van der Waals surface area contributed by atoms with Crippen molar-refractivity contribution in [2.24, 2.45) is 10.2 Å². The van der Waals surface area contributed by atoms with Crippen LogP contribution in [-0.2, 0) is 0 Å². The number of nitrogens with zero attached hydrogens (tertiary/aromatic N) is 5. The van der Waals surface area contributed by atoms with Gasteiger partial charge in [0, 0.05) is 13.8 Å². The first-order valence-electron chi connectivity index (χ1n) is 7.28. The Bertz CT molecular complexity index is 820. The summed E-state index contributed by atoms with van der Waals surface area (Å²) in [6.45, 7) is 18.6. The number of hydrogen-bond donors (Lipinski definition) is 1. The van der Waals surface area contributed by atoms with Crippen LogP contribution in [0.25, 0.3) is 4.85 Å². The van der Waals surface area contributed by atoms with Crippen LogP contribution in [0.2, 0.25) is 0 Å². The predicted octanol–water partition coefficient (Wildman–Crippen LogP) is 5.64. The van der Waals surface area contributed by atoms with Crippen molar-refractivity contribution in [1.82, 2.24) is 10.2 Å². The summed E-state index contributed by atoms with van der Waals surface area (Å²) in [6.07, 6.45) is 0. The fraction of sp³-hybridized carbons (Fsp3) is 0.438. The van der Waals surface area contributed by atoms with Crippen molar-refractivity contribution in [3.05, 3.63) is 33.7 Å². The zero-order valence-corrected chi connectivity index (χ0v) is 16.1. The minimum absolute atomic E-state index is 0.146. The molecule has 0 radical (unpaired) electrons. The molecule has 126 valence electrons. The molecule has 1 aromatic carbocycles. The van der Waals surface area contributed by atoms with Crippen LogP contribution in [0.4, 0.5) is 10.8 Å². The van der Waals surface area contributed by atoms with E-state index >= 15 is 0 Å². The molecule has 0 bridgehead atoms. The molecule has 0 spiro atoms. The molecule has 0 atom stereocenters. The summed E-state index contributed by atoms with van der Waals surface area (Å²) < 4.78 is 0.669. The molecular weight excluding hydrogens is 342 g/mol. The Morgan fingerprint density at radius 2 is 1.67 bits per heavy atom. The highest BCUT2D eigenvalue weighted by Crippen LogP contribution is 2.40. The SMILES string of the molecule is [C-]#[N+]C(C)(C)Sc1nnc(N=Nc2c(C)c(C)c(C)c(C)c2O)s1. The number of hydrogen-bond acceptors (Lipinski definition) is 7. The smallest absolute Gasteiger partial charge is 0.278 e. The van der Waals surface area contributed by atoms with Gasteiger partial charge in [0.2, 0.25) is 0 Å². The average Bonchev–Trinajstić information content (AvgIpc) is 2.97. The Balaban J connectivity index is 2.31. The van der Waals surface area contributed by atoms with E-state index in [0.717, 1.165) is 22.3 Å². The highest BCUT2D eigenvalue weighted by Gasteiger charge is 2.26. The first kappa shape index (κ1) is 18.4. The maximum absolute atomic E-state index is 10.3. The van der Waals surface area contributed by atoms with Crippen molar-refractivity contribution < 1.29 is 5.11 Å². The summed E-state index contributed by atoms with van der Waals surface area (Å²) in [6, 6.07) is 0. The fourth-order valence-corrected chi connectivity index (χ4v) is 3.97. The second-order valence-electron chi connectivity index (χ2n) is 5.91. The van der Waals surface area contributed by atoms with Crippen molar-refractivity contribution in [2.75, 3.05) is 0 Å². The first-order valence-corrected chi connectivity index (χ1v) is 8.91. The van der Waals surface area contributed by atoms with Crippen molar-refractivity contribution in [3.63, 3.8) is 0 Å². The van der Waals surface area contributed by atoms with Gasteiger partial charge in [0.15, 0.2) is 4.34 Å². The Kier molecular flexibility index (Phi) is 5.26. The summed E-state index contributed by atoms with van der Waals surface area (Å²) in [4.78, 5) is 2.94. The van der Waals surface area contributed by atoms with Gasteiger partial charge in [-0.3, -0.25) is 4.85 Å². The van der Waals surface area contributed by atoms with E-state index in [-0.39, 0.29) is 5.75 Å². The lowest BCUT2D eigenvalue weighted by atomic mass is 9.97. The quantitative estimate of drug-likeness (QED) is 0.434. The minimum atomic E-state index is -0.589. The number of phenols is 1. The molecule has 24 heavy (non-hydrogen) atoms. The van der Waals surface area contributed by atoms with Gasteiger partial charge in [0.25, 0.3) is 10.0 Å². The van der Waals surface area contributed by atoms with Gasteiger partial charge in [-0.1, -0.05) is 11.3 Å². The molecule has 6 nitrogen and oxygen atoms in total. The molecule has 8 heteroatoms. The van der Waals surface area contributed by atoms with Gasteiger partial charge < -0.3 is 5.11 Å². The van der Waals surface area contributed by atoms with Crippen molar-refractivity contribution in [2.45, 2.75) is 50.8 Å². The summed E-state index contributed by atoms with van der Waals surface area (Å²) in [5, 5.41) is 27.0. The molecule has 2 aromatic rings. The van der Waals surface area contributed by atoms with Gasteiger partial charge in [-0.15, -0.1) is 20.4 Å². The number of phenolic OH excluding ortho intramolecular Hbond substituents is 1. The van der Waals surface area contributed by atoms with Gasteiger partial charge in [-0.2, -0.15) is 0 Å². The Morgan fingerprint density at radius 1 is 1.04 bits per heavy atom. The zero-order valence-electron chi connectivity index (χ0n) is 14.5. The second kappa shape index (κ2) is 6.87. The molecule has 1 aromatic heterocycles. The summed E-state index contributed by atoms with van der Waals surface area (Å²) in [5.74, 6) is 0.146. The number of azo groups is 1. The second-order valence-corrected chi connectivity index (χ2v) is 8.71. The van der Waals surface area contributed by atoms with Crippen LogP contribution in [0.5, 0.6) is 5.75 Å². The van der Waals surface area contributed by atoms with E-state index < -0.39 is 4.87 Å². The fourth-order valence-electron chi connectivity index (χ4n) is 2.01. The lowest BCUT2D eigenvalue weighted by Crippen LogP contribution is -2.06. The maximum atomic E-state index is 10.3. The maximum Gasteiger partial charge on any atom is 0.278 e. The number of benzene rings is 1. The van der Waals surface area contributed by atoms with Gasteiger partial charge in [0.05, 0.1) is 0 Å². The van der Waals surface area contributed by atoms with Crippen LogP contribution >= 0.6 is 23.1 Å². The van der Waals surface area contributed by atoms with Gasteiger partial charge in [-0.05, 0) is 61.7 Å². The lowest BCUT2D eigenvalue weighted by molar-refractivity contribution is 0.471. The molecule has 0 unspecified atom stereocenters. The molecule has 0 amide bonds. The molecule has 0 aliphatic carbocycles. The van der Waals surface area contributed by atoms with Crippen molar-refractivity contribution in [3.8, 4) is 5.75 Å². The third-order valence-corrected chi connectivity index (χ3v) is 5.81. The monoisotopic (exact) mass is 361 g/mol. The predicted molar refractivity (Wildman–Crippen MR) is 97.7 cm³/mol. The first-order chi connectivity index (χ1) is 11.2. The van der Waals surface area contributed by atoms with Gasteiger partial charge in [0.1, 0.15) is 11.4 Å². The van der Waals surface area contributed by atoms with Crippen LogP contribution < -0.4 is 0 Å². The topological polar surface area (TPSA) is 75.1 Å². The van der Waals surface area contributed by atoms with E-state index in [1.807, 2.05) is 41.5 Å². The zero-order chi connectivity index (χ0) is 18.1. The van der Waals surface area contributed by atoms with Crippen LogP contribution in [0.3, 0.4) is 0 Å². The standard InChI is InChI=1S/C16H19N5OS2/c1-8-9(2)11(4)13(22)12(10(8)3)18-19-14-20-21-15(23-14)24-16(5,6)17-7/h22H,1-6H3. The summed E-state index contributed by atoms with van der Waals surface area (Å²) in [7, 11) is 0. The van der Waals surface area contributed by atoms with Crippen LogP contribution in [0.15, 0.2) is 14.6 Å². The third kappa shape index (κ3) is 3.74. The highest BCUT2D eigenvalue weighted by atomic mass is 32.2. The molecular formula is C16H19N5OS2. The van der Waals surface area contributed by atoms with Crippen molar-refractivity contribution in [1.29, 1.82) is 0 Å². The molecule has 2 rings (SSSR count).